The molecule has 0 fully saturated rings. The van der Waals surface area contributed by atoms with E-state index in [4.69, 9.17) is 4.74 Å². The molecule has 0 aliphatic heterocycles. The molecule has 0 aliphatic carbocycles. The molecule has 5 nitrogen and oxygen atoms in total. The zero-order valence-corrected chi connectivity index (χ0v) is 9.95. The van der Waals surface area contributed by atoms with E-state index in [1.165, 1.54) is 6.92 Å². The highest BCUT2D eigenvalue weighted by molar-refractivity contribution is 5.83. The van der Waals surface area contributed by atoms with Gasteiger partial charge in [0.15, 0.2) is 0 Å². The molecule has 1 aromatic rings. The summed E-state index contributed by atoms with van der Waals surface area (Å²) in [5.41, 5.74) is 0.945. The predicted molar refractivity (Wildman–Crippen MR) is 63.5 cm³/mol. The van der Waals surface area contributed by atoms with Gasteiger partial charge in [0.2, 0.25) is 11.8 Å². The molecular weight excluding hydrogens is 220 g/mol. The molecule has 17 heavy (non-hydrogen) atoms. The first-order valence-corrected chi connectivity index (χ1v) is 5.26. The lowest BCUT2D eigenvalue weighted by molar-refractivity contribution is -0.125. The SMILES string of the molecule is COc1cccc(CNC(=O)CNC(C)=O)c1. The fraction of sp³-hybridized carbons (Fsp3) is 0.333. The molecule has 0 radical (unpaired) electrons. The second-order valence-corrected chi connectivity index (χ2v) is 3.54. The van der Waals surface area contributed by atoms with Gasteiger partial charge in [-0.1, -0.05) is 12.1 Å². The van der Waals surface area contributed by atoms with Crippen LogP contribution < -0.4 is 15.4 Å². The van der Waals surface area contributed by atoms with Crippen LogP contribution in [0.2, 0.25) is 0 Å². The third-order valence-electron chi connectivity index (χ3n) is 2.12. The van der Waals surface area contributed by atoms with E-state index in [9.17, 15) is 9.59 Å². The van der Waals surface area contributed by atoms with Crippen molar-refractivity contribution in [3.8, 4) is 5.75 Å². The largest absolute Gasteiger partial charge is 0.497 e. The quantitative estimate of drug-likeness (QED) is 0.780. The number of benzene rings is 1. The van der Waals surface area contributed by atoms with Gasteiger partial charge in [-0.15, -0.1) is 0 Å². The van der Waals surface area contributed by atoms with E-state index in [-0.39, 0.29) is 18.4 Å². The van der Waals surface area contributed by atoms with Gasteiger partial charge < -0.3 is 15.4 Å². The van der Waals surface area contributed by atoms with Gasteiger partial charge in [0.05, 0.1) is 13.7 Å². The van der Waals surface area contributed by atoms with E-state index in [0.717, 1.165) is 11.3 Å². The lowest BCUT2D eigenvalue weighted by atomic mass is 10.2. The van der Waals surface area contributed by atoms with Crippen molar-refractivity contribution >= 4 is 11.8 Å². The van der Waals surface area contributed by atoms with Crippen molar-refractivity contribution in [3.63, 3.8) is 0 Å². The van der Waals surface area contributed by atoms with Crippen LogP contribution in [0, 0.1) is 0 Å². The Morgan fingerprint density at radius 2 is 2.06 bits per heavy atom. The Balaban J connectivity index is 2.39. The lowest BCUT2D eigenvalue weighted by Gasteiger charge is -2.07. The second kappa shape index (κ2) is 6.52. The van der Waals surface area contributed by atoms with E-state index in [1.54, 1.807) is 7.11 Å². The monoisotopic (exact) mass is 236 g/mol. The van der Waals surface area contributed by atoms with Crippen LogP contribution in [0.1, 0.15) is 12.5 Å². The summed E-state index contributed by atoms with van der Waals surface area (Å²) in [6, 6.07) is 7.43. The van der Waals surface area contributed by atoms with Gasteiger partial charge in [-0.25, -0.2) is 0 Å². The maximum atomic E-state index is 11.3. The molecule has 92 valence electrons. The van der Waals surface area contributed by atoms with E-state index >= 15 is 0 Å². The summed E-state index contributed by atoms with van der Waals surface area (Å²) >= 11 is 0. The van der Waals surface area contributed by atoms with Crippen molar-refractivity contribution in [2.75, 3.05) is 13.7 Å². The van der Waals surface area contributed by atoms with Gasteiger partial charge in [0.25, 0.3) is 0 Å². The summed E-state index contributed by atoms with van der Waals surface area (Å²) in [6.45, 7) is 1.78. The number of hydrogen-bond acceptors (Lipinski definition) is 3. The highest BCUT2D eigenvalue weighted by atomic mass is 16.5. The molecular formula is C12H16N2O3. The van der Waals surface area contributed by atoms with Gasteiger partial charge in [0, 0.05) is 13.5 Å². The number of carbonyl (C=O) groups is 2. The fourth-order valence-corrected chi connectivity index (χ4v) is 1.25. The fourth-order valence-electron chi connectivity index (χ4n) is 1.25. The van der Waals surface area contributed by atoms with Gasteiger partial charge in [-0.2, -0.15) is 0 Å². The van der Waals surface area contributed by atoms with E-state index in [2.05, 4.69) is 10.6 Å². The highest BCUT2D eigenvalue weighted by Crippen LogP contribution is 2.11. The van der Waals surface area contributed by atoms with Crippen LogP contribution >= 0.6 is 0 Å². The number of rotatable bonds is 5. The minimum absolute atomic E-state index is 0.000693. The van der Waals surface area contributed by atoms with Crippen molar-refractivity contribution < 1.29 is 14.3 Å². The molecule has 0 bridgehead atoms. The third kappa shape index (κ3) is 5.01. The molecule has 0 spiro atoms. The summed E-state index contributed by atoms with van der Waals surface area (Å²) in [5, 5.41) is 5.12. The summed E-state index contributed by atoms with van der Waals surface area (Å²) < 4.78 is 5.07. The summed E-state index contributed by atoms with van der Waals surface area (Å²) in [7, 11) is 1.59. The van der Waals surface area contributed by atoms with Crippen LogP contribution in [0.15, 0.2) is 24.3 Å². The Labute approximate surface area is 100 Å². The van der Waals surface area contributed by atoms with Gasteiger partial charge in [-0.3, -0.25) is 9.59 Å². The van der Waals surface area contributed by atoms with Crippen LogP contribution in [0.25, 0.3) is 0 Å². The zero-order chi connectivity index (χ0) is 12.7. The van der Waals surface area contributed by atoms with E-state index in [1.807, 2.05) is 24.3 Å². The van der Waals surface area contributed by atoms with Crippen LogP contribution in [0.3, 0.4) is 0 Å². The molecule has 0 unspecified atom stereocenters. The maximum absolute atomic E-state index is 11.3. The van der Waals surface area contributed by atoms with Crippen LogP contribution in [0.4, 0.5) is 0 Å². The number of amides is 2. The minimum atomic E-state index is -0.221. The number of methoxy groups -OCH3 is 1. The molecule has 0 saturated heterocycles. The third-order valence-corrected chi connectivity index (χ3v) is 2.12. The molecule has 1 aromatic carbocycles. The van der Waals surface area contributed by atoms with Crippen molar-refractivity contribution in [1.29, 1.82) is 0 Å². The van der Waals surface area contributed by atoms with E-state index in [0.29, 0.717) is 6.54 Å². The minimum Gasteiger partial charge on any atom is -0.497 e. The molecule has 2 amide bonds. The number of ether oxygens (including phenoxy) is 1. The lowest BCUT2D eigenvalue weighted by Crippen LogP contribution is -2.35. The zero-order valence-electron chi connectivity index (χ0n) is 9.95. The second-order valence-electron chi connectivity index (χ2n) is 3.54. The standard InChI is InChI=1S/C12H16N2O3/c1-9(15)13-8-12(16)14-7-10-4-3-5-11(6-10)17-2/h3-6H,7-8H2,1-2H3,(H,13,15)(H,14,16). The first-order valence-electron chi connectivity index (χ1n) is 5.26. The Hall–Kier alpha value is -2.04. The number of nitrogens with one attached hydrogen (secondary N) is 2. The first-order chi connectivity index (χ1) is 8.11. The molecule has 1 rings (SSSR count). The van der Waals surface area contributed by atoms with Crippen LogP contribution in [-0.4, -0.2) is 25.5 Å². The molecule has 5 heteroatoms. The Morgan fingerprint density at radius 3 is 2.71 bits per heavy atom. The van der Waals surface area contributed by atoms with Crippen molar-refractivity contribution in [2.45, 2.75) is 13.5 Å². The molecule has 0 aliphatic rings. The number of hydrogen-bond donors (Lipinski definition) is 2. The topological polar surface area (TPSA) is 67.4 Å². The Kier molecular flexibility index (Phi) is 5.00. The first kappa shape index (κ1) is 13.0. The van der Waals surface area contributed by atoms with Crippen molar-refractivity contribution in [2.24, 2.45) is 0 Å². The van der Waals surface area contributed by atoms with Gasteiger partial charge in [-0.05, 0) is 17.7 Å². The van der Waals surface area contributed by atoms with Gasteiger partial charge in [0.1, 0.15) is 5.75 Å². The molecule has 0 saturated carbocycles. The van der Waals surface area contributed by atoms with Crippen molar-refractivity contribution in [3.05, 3.63) is 29.8 Å². The van der Waals surface area contributed by atoms with Gasteiger partial charge >= 0.3 is 0 Å². The normalized spacial score (nSPS) is 9.53. The average Bonchev–Trinajstić information content (AvgIpc) is 2.34. The van der Waals surface area contributed by atoms with Crippen molar-refractivity contribution in [1.82, 2.24) is 10.6 Å². The summed E-state index contributed by atoms with van der Waals surface area (Å²) in [4.78, 5) is 21.9. The van der Waals surface area contributed by atoms with Crippen LogP contribution in [-0.2, 0) is 16.1 Å². The Bertz CT molecular complexity index is 404. The molecule has 2 N–H and O–H groups in total. The highest BCUT2D eigenvalue weighted by Gasteiger charge is 2.02. The Morgan fingerprint density at radius 1 is 1.29 bits per heavy atom. The summed E-state index contributed by atoms with van der Waals surface area (Å²) in [6.07, 6.45) is 0. The van der Waals surface area contributed by atoms with E-state index < -0.39 is 0 Å². The number of carbonyl (C=O) groups excluding carboxylic acids is 2. The molecule has 0 atom stereocenters. The molecule has 0 heterocycles. The summed E-state index contributed by atoms with van der Waals surface area (Å²) in [5.74, 6) is 0.308. The average molecular weight is 236 g/mol. The smallest absolute Gasteiger partial charge is 0.239 e. The maximum Gasteiger partial charge on any atom is 0.239 e. The van der Waals surface area contributed by atoms with Crippen LogP contribution in [0.5, 0.6) is 5.75 Å². The molecule has 0 aromatic heterocycles. The predicted octanol–water partition coefficient (Wildman–Crippen LogP) is 0.447.